The van der Waals surface area contributed by atoms with Crippen LogP contribution in [0, 0.1) is 11.8 Å². The van der Waals surface area contributed by atoms with Crippen molar-refractivity contribution in [1.82, 2.24) is 9.97 Å². The maximum absolute atomic E-state index is 14.7. The van der Waals surface area contributed by atoms with Gasteiger partial charge in [0.15, 0.2) is 5.69 Å². The third kappa shape index (κ3) is 4.46. The Bertz CT molecular complexity index is 785. The summed E-state index contributed by atoms with van der Waals surface area (Å²) in [7, 11) is 2.83. The molecule has 0 saturated heterocycles. The number of halogens is 2. The Labute approximate surface area is 158 Å². The van der Waals surface area contributed by atoms with Crippen LogP contribution >= 0.6 is 0 Å². The number of hydrogen-bond donors (Lipinski definition) is 0. The van der Waals surface area contributed by atoms with Crippen molar-refractivity contribution in [3.05, 3.63) is 23.9 Å². The number of fused-ring (bicyclic) bond motifs is 1. The molecule has 0 radical (unpaired) electrons. The first-order chi connectivity index (χ1) is 12.9. The summed E-state index contributed by atoms with van der Waals surface area (Å²) in [5.74, 6) is -1.69. The van der Waals surface area contributed by atoms with Crippen molar-refractivity contribution in [2.45, 2.75) is 38.5 Å². The summed E-state index contributed by atoms with van der Waals surface area (Å²) in [6, 6.07) is 4.89. The number of alkyl halides is 2. The molecule has 0 bridgehead atoms. The van der Waals surface area contributed by atoms with Crippen LogP contribution in [-0.2, 0) is 10.7 Å². The number of methoxy groups -OCH3 is 2. The molecule has 0 aliphatic heterocycles. The van der Waals surface area contributed by atoms with Gasteiger partial charge in [-0.3, -0.25) is 0 Å². The van der Waals surface area contributed by atoms with Crippen LogP contribution in [0.3, 0.4) is 0 Å². The minimum absolute atomic E-state index is 0.200. The van der Waals surface area contributed by atoms with E-state index >= 15 is 0 Å². The number of hydrogen-bond acceptors (Lipinski definition) is 5. The van der Waals surface area contributed by atoms with Gasteiger partial charge in [0.1, 0.15) is 12.4 Å². The zero-order valence-electron chi connectivity index (χ0n) is 16.0. The lowest BCUT2D eigenvalue weighted by atomic mass is 9.95. The first-order valence-electron chi connectivity index (χ1n) is 9.30. The van der Waals surface area contributed by atoms with Gasteiger partial charge in [0, 0.05) is 12.7 Å². The quantitative estimate of drug-likeness (QED) is 0.628. The van der Waals surface area contributed by atoms with E-state index in [-0.39, 0.29) is 5.88 Å². The van der Waals surface area contributed by atoms with Gasteiger partial charge in [-0.15, -0.1) is 0 Å². The molecule has 1 aliphatic carbocycles. The predicted molar refractivity (Wildman–Crippen MR) is 98.5 cm³/mol. The standard InChI is InChI=1S/C20H26F2N2O3/c1-13-5-4-6-14(13)9-10-27-12-20(21,22)18-19(26-3)24-17-11-15(25-2)7-8-16(17)23-18/h7-8,11,13-14H,4-6,9-10,12H2,1-3H3/t13?,14-/m0/s1. The number of nitrogens with zero attached hydrogens (tertiary/aromatic N) is 2. The Hall–Kier alpha value is -2.02. The maximum Gasteiger partial charge on any atom is 0.317 e. The Kier molecular flexibility index (Phi) is 6.09. The minimum atomic E-state index is -3.28. The smallest absolute Gasteiger partial charge is 0.317 e. The molecule has 1 aromatic carbocycles. The lowest BCUT2D eigenvalue weighted by Crippen LogP contribution is -2.25. The molecule has 1 unspecified atom stereocenters. The topological polar surface area (TPSA) is 53.5 Å². The molecule has 2 atom stereocenters. The van der Waals surface area contributed by atoms with E-state index in [1.807, 2.05) is 0 Å². The number of ether oxygens (including phenoxy) is 3. The normalized spacial score (nSPS) is 20.2. The lowest BCUT2D eigenvalue weighted by Gasteiger charge is -2.20. The predicted octanol–water partition coefficient (Wildman–Crippen LogP) is 4.58. The second-order valence-electron chi connectivity index (χ2n) is 7.15. The lowest BCUT2D eigenvalue weighted by molar-refractivity contribution is -0.0889. The van der Waals surface area contributed by atoms with E-state index in [9.17, 15) is 8.78 Å². The van der Waals surface area contributed by atoms with Gasteiger partial charge in [-0.25, -0.2) is 9.97 Å². The van der Waals surface area contributed by atoms with Crippen molar-refractivity contribution in [3.8, 4) is 11.6 Å². The van der Waals surface area contributed by atoms with Crippen LogP contribution in [0.4, 0.5) is 8.78 Å². The first kappa shape index (κ1) is 19.7. The van der Waals surface area contributed by atoms with Crippen LogP contribution in [0.2, 0.25) is 0 Å². The Morgan fingerprint density at radius 1 is 1.11 bits per heavy atom. The molecule has 1 aromatic heterocycles. The summed E-state index contributed by atoms with van der Waals surface area (Å²) in [5.41, 5.74) is 0.282. The Morgan fingerprint density at radius 2 is 1.93 bits per heavy atom. The van der Waals surface area contributed by atoms with E-state index in [0.29, 0.717) is 35.2 Å². The zero-order valence-corrected chi connectivity index (χ0v) is 16.0. The fraction of sp³-hybridized carbons (Fsp3) is 0.600. The molecular weight excluding hydrogens is 354 g/mol. The van der Waals surface area contributed by atoms with Crippen LogP contribution < -0.4 is 9.47 Å². The largest absolute Gasteiger partial charge is 0.497 e. The van der Waals surface area contributed by atoms with E-state index in [1.54, 1.807) is 18.2 Å². The highest BCUT2D eigenvalue weighted by Crippen LogP contribution is 2.36. The average Bonchev–Trinajstić information content (AvgIpc) is 3.08. The summed E-state index contributed by atoms with van der Waals surface area (Å²) in [4.78, 5) is 8.26. The second kappa shape index (κ2) is 8.33. The molecule has 1 heterocycles. The summed E-state index contributed by atoms with van der Waals surface area (Å²) >= 11 is 0. The molecule has 7 heteroatoms. The first-order valence-corrected chi connectivity index (χ1v) is 9.30. The van der Waals surface area contributed by atoms with E-state index in [4.69, 9.17) is 14.2 Å². The third-order valence-corrected chi connectivity index (χ3v) is 5.33. The van der Waals surface area contributed by atoms with Gasteiger partial charge in [-0.05, 0) is 30.4 Å². The Balaban J connectivity index is 1.71. The highest BCUT2D eigenvalue weighted by Gasteiger charge is 2.38. The number of rotatable bonds is 8. The highest BCUT2D eigenvalue weighted by molar-refractivity contribution is 5.76. The minimum Gasteiger partial charge on any atom is -0.497 e. The monoisotopic (exact) mass is 380 g/mol. The summed E-state index contributed by atoms with van der Waals surface area (Å²) < 4.78 is 45.0. The highest BCUT2D eigenvalue weighted by atomic mass is 19.3. The molecule has 0 amide bonds. The third-order valence-electron chi connectivity index (χ3n) is 5.33. The summed E-state index contributed by atoms with van der Waals surface area (Å²) in [6.07, 6.45) is 4.41. The fourth-order valence-electron chi connectivity index (χ4n) is 3.68. The molecule has 148 valence electrons. The molecule has 5 nitrogen and oxygen atoms in total. The van der Waals surface area contributed by atoms with Crippen molar-refractivity contribution in [3.63, 3.8) is 0 Å². The average molecular weight is 380 g/mol. The van der Waals surface area contributed by atoms with Gasteiger partial charge in [0.2, 0.25) is 5.88 Å². The molecule has 1 fully saturated rings. The van der Waals surface area contributed by atoms with E-state index < -0.39 is 18.2 Å². The molecular formula is C20H26F2N2O3. The fourth-order valence-corrected chi connectivity index (χ4v) is 3.68. The van der Waals surface area contributed by atoms with Gasteiger partial charge < -0.3 is 14.2 Å². The van der Waals surface area contributed by atoms with Crippen LogP contribution in [0.5, 0.6) is 11.6 Å². The van der Waals surface area contributed by atoms with Crippen LogP contribution in [0.1, 0.15) is 38.3 Å². The van der Waals surface area contributed by atoms with E-state index in [0.717, 1.165) is 12.8 Å². The molecule has 0 spiro atoms. The van der Waals surface area contributed by atoms with Gasteiger partial charge in [0.25, 0.3) is 0 Å². The van der Waals surface area contributed by atoms with Gasteiger partial charge in [-0.2, -0.15) is 8.78 Å². The van der Waals surface area contributed by atoms with Gasteiger partial charge in [-0.1, -0.05) is 26.2 Å². The van der Waals surface area contributed by atoms with Crippen molar-refractivity contribution in [2.75, 3.05) is 27.4 Å². The van der Waals surface area contributed by atoms with E-state index in [2.05, 4.69) is 16.9 Å². The van der Waals surface area contributed by atoms with Crippen LogP contribution in [0.15, 0.2) is 18.2 Å². The SMILES string of the molecule is COc1ccc2nc(C(F)(F)COCC[C@@H]3CCCC3C)c(OC)nc2c1. The van der Waals surface area contributed by atoms with Crippen LogP contribution in [-0.4, -0.2) is 37.4 Å². The van der Waals surface area contributed by atoms with Crippen molar-refractivity contribution >= 4 is 11.0 Å². The molecule has 3 rings (SSSR count). The summed E-state index contributed by atoms with van der Waals surface area (Å²) in [6.45, 7) is 1.81. The summed E-state index contributed by atoms with van der Waals surface area (Å²) in [5, 5.41) is 0. The molecule has 27 heavy (non-hydrogen) atoms. The maximum atomic E-state index is 14.7. The van der Waals surface area contributed by atoms with Gasteiger partial charge >= 0.3 is 5.92 Å². The van der Waals surface area contributed by atoms with Crippen LogP contribution in [0.25, 0.3) is 11.0 Å². The zero-order chi connectivity index (χ0) is 19.4. The second-order valence-corrected chi connectivity index (χ2v) is 7.15. The Morgan fingerprint density at radius 3 is 2.59 bits per heavy atom. The van der Waals surface area contributed by atoms with Crippen molar-refractivity contribution in [1.29, 1.82) is 0 Å². The van der Waals surface area contributed by atoms with E-state index in [1.165, 1.54) is 27.1 Å². The van der Waals surface area contributed by atoms with Crippen molar-refractivity contribution in [2.24, 2.45) is 11.8 Å². The molecule has 1 aliphatic rings. The molecule has 2 aromatic rings. The number of benzene rings is 1. The van der Waals surface area contributed by atoms with Crippen molar-refractivity contribution < 1.29 is 23.0 Å². The van der Waals surface area contributed by atoms with Gasteiger partial charge in [0.05, 0.1) is 25.3 Å². The molecule has 1 saturated carbocycles. The number of aromatic nitrogens is 2. The molecule has 0 N–H and O–H groups in total.